The van der Waals surface area contributed by atoms with E-state index in [1.807, 2.05) is 0 Å². The lowest BCUT2D eigenvalue weighted by molar-refractivity contribution is -0.159. The van der Waals surface area contributed by atoms with Crippen molar-refractivity contribution in [2.75, 3.05) is 44.7 Å². The molecule has 2 aromatic rings. The van der Waals surface area contributed by atoms with Crippen molar-refractivity contribution >= 4 is 51.2 Å². The molecule has 0 unspecified atom stereocenters. The molecule has 32 heavy (non-hydrogen) atoms. The van der Waals surface area contributed by atoms with Crippen LogP contribution in [0.4, 0.5) is 5.82 Å². The maximum atomic E-state index is 9.10. The van der Waals surface area contributed by atoms with Gasteiger partial charge in [-0.25, -0.2) is 29.1 Å². The number of aromatic nitrogens is 2. The van der Waals surface area contributed by atoms with E-state index in [-0.39, 0.29) is 0 Å². The average molecular weight is 472 g/mol. The summed E-state index contributed by atoms with van der Waals surface area (Å²) in [5.74, 6) is -6.33. The smallest absolute Gasteiger partial charge is 0.414 e. The summed E-state index contributed by atoms with van der Waals surface area (Å²) in [4.78, 5) is 50.0. The number of aryl methyl sites for hydroxylation is 2. The number of carbonyl (C=O) groups is 4. The monoisotopic (exact) mass is 472 g/mol. The fourth-order valence-electron chi connectivity index (χ4n) is 2.47. The van der Waals surface area contributed by atoms with Gasteiger partial charge in [0.2, 0.25) is 0 Å². The highest BCUT2D eigenvalue weighted by Crippen LogP contribution is 2.32. The Kier molecular flexibility index (Phi) is 11.0. The van der Waals surface area contributed by atoms with Gasteiger partial charge in [0.1, 0.15) is 17.0 Å². The van der Waals surface area contributed by atoms with Crippen LogP contribution in [-0.4, -0.2) is 98.6 Å². The fourth-order valence-corrected chi connectivity index (χ4v) is 3.47. The summed E-state index contributed by atoms with van der Waals surface area (Å²) in [5.41, 5.74) is 1.29. The van der Waals surface area contributed by atoms with Crippen LogP contribution in [0.5, 0.6) is 0 Å². The number of nitrogens with zero attached hydrogens (tertiary/aromatic N) is 3. The Bertz CT molecular complexity index is 909. The molecule has 3 heterocycles. The highest BCUT2D eigenvalue weighted by atomic mass is 32.1. The van der Waals surface area contributed by atoms with E-state index in [1.165, 1.54) is 15.8 Å². The fraction of sp³-hybridized carbons (Fsp3) is 0.444. The van der Waals surface area contributed by atoms with Crippen LogP contribution >= 0.6 is 11.3 Å². The van der Waals surface area contributed by atoms with Gasteiger partial charge in [-0.05, 0) is 19.4 Å². The Hall–Kier alpha value is -3.36. The van der Waals surface area contributed by atoms with Crippen LogP contribution < -0.4 is 5.32 Å². The molecule has 3 rings (SSSR count). The lowest BCUT2D eigenvalue weighted by Crippen LogP contribution is -2.39. The van der Waals surface area contributed by atoms with E-state index in [9.17, 15) is 0 Å². The number of hydrogen-bond donors (Lipinski definition) is 5. The van der Waals surface area contributed by atoms with Crippen LogP contribution in [0.15, 0.2) is 6.33 Å². The van der Waals surface area contributed by atoms with Crippen molar-refractivity contribution in [3.8, 4) is 0 Å². The van der Waals surface area contributed by atoms with Gasteiger partial charge in [-0.1, -0.05) is 0 Å². The lowest BCUT2D eigenvalue weighted by atomic mass is 10.2. The summed E-state index contributed by atoms with van der Waals surface area (Å²) in [6.07, 6.45) is 1.65. The molecule has 0 aromatic carbocycles. The molecule has 2 aromatic heterocycles. The molecule has 0 aliphatic carbocycles. The van der Waals surface area contributed by atoms with E-state index in [2.05, 4.69) is 34.0 Å². The molecule has 1 saturated heterocycles. The zero-order valence-electron chi connectivity index (χ0n) is 17.4. The molecular formula is C18H24N4O9S. The number of anilines is 1. The number of thiophene rings is 1. The molecule has 1 fully saturated rings. The standard InChI is InChI=1S/C14H20N4OS.2C2H2O4/c1-10-11(2)20-14-12(10)13(16-9-17-14)15-3-4-18-5-7-19-8-6-18;2*3-1(4)2(5)6/h9H,3-8H2,1-2H3,(H,15,16,17);2*(H,3,4)(H,5,6). The molecule has 1 aliphatic rings. The number of carboxylic acid groups (broad SMARTS) is 4. The predicted molar refractivity (Wildman–Crippen MR) is 113 cm³/mol. The largest absolute Gasteiger partial charge is 0.473 e. The second-order valence-electron chi connectivity index (χ2n) is 6.29. The second-order valence-corrected chi connectivity index (χ2v) is 7.49. The molecule has 14 heteroatoms. The van der Waals surface area contributed by atoms with E-state index in [4.69, 9.17) is 44.3 Å². The highest BCUT2D eigenvalue weighted by Gasteiger charge is 2.13. The maximum Gasteiger partial charge on any atom is 0.414 e. The minimum absolute atomic E-state index is 0.848. The SMILES string of the molecule is Cc1sc2ncnc(NCCN3CCOCC3)c2c1C.O=C(O)C(=O)O.O=C(O)C(=O)O. The van der Waals surface area contributed by atoms with Crippen molar-refractivity contribution in [2.24, 2.45) is 0 Å². The summed E-state index contributed by atoms with van der Waals surface area (Å²) < 4.78 is 5.36. The second kappa shape index (κ2) is 13.1. The quantitative estimate of drug-likeness (QED) is 0.382. The number of rotatable bonds is 4. The first kappa shape index (κ1) is 26.7. The maximum absolute atomic E-state index is 9.10. The molecule has 5 N–H and O–H groups in total. The first-order valence-electron chi connectivity index (χ1n) is 9.21. The first-order chi connectivity index (χ1) is 15.0. The van der Waals surface area contributed by atoms with Crippen molar-refractivity contribution < 1.29 is 44.3 Å². The van der Waals surface area contributed by atoms with E-state index in [0.29, 0.717) is 0 Å². The van der Waals surface area contributed by atoms with Gasteiger partial charge in [-0.2, -0.15) is 0 Å². The zero-order valence-corrected chi connectivity index (χ0v) is 18.2. The van der Waals surface area contributed by atoms with Crippen molar-refractivity contribution in [3.05, 3.63) is 16.8 Å². The van der Waals surface area contributed by atoms with Gasteiger partial charge in [-0.3, -0.25) is 4.90 Å². The number of carboxylic acids is 4. The van der Waals surface area contributed by atoms with Crippen LogP contribution in [0.2, 0.25) is 0 Å². The molecule has 0 atom stereocenters. The zero-order chi connectivity index (χ0) is 24.3. The highest BCUT2D eigenvalue weighted by molar-refractivity contribution is 7.18. The van der Waals surface area contributed by atoms with Gasteiger partial charge in [0.25, 0.3) is 0 Å². The Labute approximate surface area is 186 Å². The number of ether oxygens (including phenoxy) is 1. The van der Waals surface area contributed by atoms with E-state index in [0.717, 1.165) is 50.0 Å². The minimum Gasteiger partial charge on any atom is -0.473 e. The topological polar surface area (TPSA) is 199 Å². The summed E-state index contributed by atoms with van der Waals surface area (Å²) >= 11 is 1.74. The molecule has 0 amide bonds. The van der Waals surface area contributed by atoms with Crippen LogP contribution in [0, 0.1) is 13.8 Å². The Morgan fingerprint density at radius 2 is 1.53 bits per heavy atom. The molecule has 13 nitrogen and oxygen atoms in total. The molecule has 0 spiro atoms. The Balaban J connectivity index is 0.000000355. The molecule has 176 valence electrons. The summed E-state index contributed by atoms with van der Waals surface area (Å²) in [6.45, 7) is 9.96. The number of nitrogens with one attached hydrogen (secondary N) is 1. The van der Waals surface area contributed by atoms with E-state index in [1.54, 1.807) is 17.7 Å². The van der Waals surface area contributed by atoms with Gasteiger partial charge >= 0.3 is 23.9 Å². The number of morpholine rings is 1. The van der Waals surface area contributed by atoms with E-state index >= 15 is 0 Å². The summed E-state index contributed by atoms with van der Waals surface area (Å²) in [6, 6.07) is 0. The van der Waals surface area contributed by atoms with E-state index < -0.39 is 23.9 Å². The van der Waals surface area contributed by atoms with Gasteiger partial charge in [0, 0.05) is 31.1 Å². The van der Waals surface area contributed by atoms with Crippen LogP contribution in [0.1, 0.15) is 10.4 Å². The normalized spacial score (nSPS) is 13.2. The predicted octanol–water partition coefficient (Wildman–Crippen LogP) is 0.363. The van der Waals surface area contributed by atoms with Gasteiger partial charge in [0.05, 0.1) is 18.6 Å². The third kappa shape index (κ3) is 8.79. The molecule has 0 saturated carbocycles. The third-order valence-electron chi connectivity index (χ3n) is 4.16. The van der Waals surface area contributed by atoms with Crippen LogP contribution in [0.25, 0.3) is 10.2 Å². The summed E-state index contributed by atoms with van der Waals surface area (Å²) in [5, 5.41) is 34.2. The molecule has 0 bridgehead atoms. The molecule has 0 radical (unpaired) electrons. The number of aliphatic carboxylic acids is 4. The van der Waals surface area contributed by atoms with Crippen molar-refractivity contribution in [2.45, 2.75) is 13.8 Å². The Morgan fingerprint density at radius 3 is 2.03 bits per heavy atom. The van der Waals surface area contributed by atoms with Crippen LogP contribution in [-0.2, 0) is 23.9 Å². The van der Waals surface area contributed by atoms with Crippen molar-refractivity contribution in [1.82, 2.24) is 14.9 Å². The average Bonchev–Trinajstić information content (AvgIpc) is 3.04. The number of fused-ring (bicyclic) bond motifs is 1. The first-order valence-corrected chi connectivity index (χ1v) is 10.0. The molecule has 1 aliphatic heterocycles. The van der Waals surface area contributed by atoms with Gasteiger partial charge < -0.3 is 30.5 Å². The minimum atomic E-state index is -1.82. The molecular weight excluding hydrogens is 448 g/mol. The van der Waals surface area contributed by atoms with Crippen LogP contribution in [0.3, 0.4) is 0 Å². The van der Waals surface area contributed by atoms with Crippen molar-refractivity contribution in [1.29, 1.82) is 0 Å². The lowest BCUT2D eigenvalue weighted by Gasteiger charge is -2.26. The van der Waals surface area contributed by atoms with Gasteiger partial charge in [0.15, 0.2) is 0 Å². The summed E-state index contributed by atoms with van der Waals surface area (Å²) in [7, 11) is 0. The number of hydrogen-bond acceptors (Lipinski definition) is 10. The van der Waals surface area contributed by atoms with Crippen molar-refractivity contribution in [3.63, 3.8) is 0 Å². The van der Waals surface area contributed by atoms with Gasteiger partial charge in [-0.15, -0.1) is 11.3 Å². The third-order valence-corrected chi connectivity index (χ3v) is 5.27. The Morgan fingerprint density at radius 1 is 1.00 bits per heavy atom.